The van der Waals surface area contributed by atoms with Crippen molar-refractivity contribution in [2.45, 2.75) is 24.7 Å². The number of hydrazone groups is 1. The summed E-state index contributed by atoms with van der Waals surface area (Å²) in [7, 11) is -2.67. The zero-order valence-electron chi connectivity index (χ0n) is 17.8. The lowest BCUT2D eigenvalue weighted by molar-refractivity contribution is -0.114. The quantitative estimate of drug-likeness (QED) is 0.467. The van der Waals surface area contributed by atoms with Gasteiger partial charge in [-0.25, -0.2) is 0 Å². The van der Waals surface area contributed by atoms with Crippen molar-refractivity contribution in [2.24, 2.45) is 10.1 Å². The van der Waals surface area contributed by atoms with Crippen molar-refractivity contribution in [3.63, 3.8) is 0 Å². The van der Waals surface area contributed by atoms with E-state index in [0.29, 0.717) is 10.7 Å². The molecule has 0 atom stereocenters. The highest BCUT2D eigenvalue weighted by atomic mass is 32.2. The highest BCUT2D eigenvalue weighted by molar-refractivity contribution is 8.26. The minimum atomic E-state index is -4.05. The van der Waals surface area contributed by atoms with Gasteiger partial charge in [-0.1, -0.05) is 31.2 Å². The number of methoxy groups -OCH3 is 1. The molecular formula is C22H20N4O5S2. The highest BCUT2D eigenvalue weighted by Crippen LogP contribution is 2.33. The molecule has 2 aliphatic heterocycles. The van der Waals surface area contributed by atoms with Crippen LogP contribution >= 0.6 is 11.8 Å². The van der Waals surface area contributed by atoms with Crippen molar-refractivity contribution >= 4 is 49.9 Å². The molecule has 2 aromatic carbocycles. The van der Waals surface area contributed by atoms with Crippen LogP contribution in [0.25, 0.3) is 6.08 Å². The number of aliphatic imine (C=N–C) groups is 1. The molecule has 2 aromatic rings. The van der Waals surface area contributed by atoms with E-state index in [1.54, 1.807) is 24.3 Å². The van der Waals surface area contributed by atoms with Crippen molar-refractivity contribution in [3.8, 4) is 11.5 Å². The maximum absolute atomic E-state index is 12.6. The van der Waals surface area contributed by atoms with Gasteiger partial charge in [0.05, 0.1) is 12.7 Å². The Hall–Kier alpha value is -3.44. The largest absolute Gasteiger partial charge is 0.493 e. The van der Waals surface area contributed by atoms with E-state index in [1.165, 1.54) is 54.2 Å². The third-order valence-electron chi connectivity index (χ3n) is 4.69. The molecule has 0 saturated carbocycles. The molecule has 0 fully saturated rings. The van der Waals surface area contributed by atoms with Gasteiger partial charge in [-0.15, -0.1) is 0 Å². The van der Waals surface area contributed by atoms with Crippen LogP contribution in [0, 0.1) is 5.41 Å². The molecule has 0 aliphatic carbocycles. The molecule has 33 heavy (non-hydrogen) atoms. The first-order valence-electron chi connectivity index (χ1n) is 9.99. The van der Waals surface area contributed by atoms with Gasteiger partial charge in [0.1, 0.15) is 9.94 Å². The Bertz CT molecular complexity index is 1320. The molecule has 0 aromatic heterocycles. The summed E-state index contributed by atoms with van der Waals surface area (Å²) < 4.78 is 35.6. The van der Waals surface area contributed by atoms with Crippen molar-refractivity contribution < 1.29 is 22.1 Å². The monoisotopic (exact) mass is 484 g/mol. The minimum Gasteiger partial charge on any atom is -0.493 e. The smallest absolute Gasteiger partial charge is 0.339 e. The molecule has 1 amide bonds. The third kappa shape index (κ3) is 4.69. The number of nitrogens with one attached hydrogen (secondary N) is 1. The summed E-state index contributed by atoms with van der Waals surface area (Å²) in [6.07, 6.45) is 3.12. The third-order valence-corrected chi connectivity index (χ3v) is 6.91. The van der Waals surface area contributed by atoms with E-state index in [1.807, 2.05) is 6.92 Å². The average Bonchev–Trinajstić information content (AvgIpc) is 3.20. The summed E-state index contributed by atoms with van der Waals surface area (Å²) in [6.45, 7) is 2.02. The number of hydrogen-bond acceptors (Lipinski definition) is 8. The predicted octanol–water partition coefficient (Wildman–Crippen LogP) is 3.88. The fraction of sp³-hybridized carbons (Fsp3) is 0.182. The highest BCUT2D eigenvalue weighted by Gasteiger charge is 2.35. The van der Waals surface area contributed by atoms with Crippen molar-refractivity contribution in [2.75, 3.05) is 7.11 Å². The number of ether oxygens (including phenoxy) is 1. The van der Waals surface area contributed by atoms with E-state index in [0.717, 1.165) is 17.9 Å². The number of benzene rings is 2. The number of amides is 1. The SMILES string of the molecule is CCCC1=NN2C(=N)/C(=C\c3ccc(OS(=O)(=O)c4ccccc4)c(OC)c3)C(=O)N=C2S1. The standard InChI is InChI=1S/C22H20N4O5S2/c1-3-7-19-25-26-20(23)16(21(27)24-22(26)32-19)12-14-10-11-17(18(13-14)30-2)31-33(28,29)15-8-5-4-6-9-15/h4-6,8-13,23H,3,7H2,1-2H3/b16-12+,23-20?. The Kier molecular flexibility index (Phi) is 6.34. The van der Waals surface area contributed by atoms with Gasteiger partial charge in [0, 0.05) is 0 Å². The first kappa shape index (κ1) is 22.7. The number of nitrogens with zero attached hydrogens (tertiary/aromatic N) is 3. The van der Waals surface area contributed by atoms with Crippen LogP contribution < -0.4 is 8.92 Å². The Morgan fingerprint density at radius 3 is 2.61 bits per heavy atom. The van der Waals surface area contributed by atoms with Gasteiger partial charge in [-0.05, 0) is 60.5 Å². The van der Waals surface area contributed by atoms with Gasteiger partial charge in [-0.2, -0.15) is 23.5 Å². The van der Waals surface area contributed by atoms with E-state index in [-0.39, 0.29) is 27.8 Å². The molecule has 1 N–H and O–H groups in total. The lowest BCUT2D eigenvalue weighted by atomic mass is 10.1. The van der Waals surface area contributed by atoms with Crippen LogP contribution in [0.2, 0.25) is 0 Å². The second kappa shape index (κ2) is 9.20. The number of hydrogen-bond donors (Lipinski definition) is 1. The Labute approximate surface area is 195 Å². The molecule has 0 bridgehead atoms. The lowest BCUT2D eigenvalue weighted by Crippen LogP contribution is -2.35. The van der Waals surface area contributed by atoms with Crippen LogP contribution in [0.3, 0.4) is 0 Å². The summed E-state index contributed by atoms with van der Waals surface area (Å²) in [6, 6.07) is 12.3. The first-order chi connectivity index (χ1) is 15.8. The van der Waals surface area contributed by atoms with Crippen LogP contribution in [-0.2, 0) is 14.9 Å². The zero-order valence-corrected chi connectivity index (χ0v) is 19.4. The molecule has 0 unspecified atom stereocenters. The molecule has 0 radical (unpaired) electrons. The fourth-order valence-electron chi connectivity index (χ4n) is 3.11. The van der Waals surface area contributed by atoms with E-state index in [9.17, 15) is 13.2 Å². The van der Waals surface area contributed by atoms with E-state index < -0.39 is 16.0 Å². The summed E-state index contributed by atoms with van der Waals surface area (Å²) >= 11 is 1.29. The lowest BCUT2D eigenvalue weighted by Gasteiger charge is -2.20. The Morgan fingerprint density at radius 1 is 1.15 bits per heavy atom. The summed E-state index contributed by atoms with van der Waals surface area (Å²) in [4.78, 5) is 16.6. The molecule has 2 heterocycles. The average molecular weight is 485 g/mol. The first-order valence-corrected chi connectivity index (χ1v) is 12.2. The van der Waals surface area contributed by atoms with Crippen LogP contribution in [0.15, 0.2) is 69.1 Å². The van der Waals surface area contributed by atoms with Crippen molar-refractivity contribution in [3.05, 3.63) is 59.7 Å². The summed E-state index contributed by atoms with van der Waals surface area (Å²) in [5.41, 5.74) is 0.571. The number of carbonyl (C=O) groups excluding carboxylic acids is 1. The molecule has 0 saturated heterocycles. The molecule has 0 spiro atoms. The van der Waals surface area contributed by atoms with Crippen LogP contribution in [-0.4, -0.2) is 42.5 Å². The Balaban J connectivity index is 1.62. The molecule has 2 aliphatic rings. The number of fused-ring (bicyclic) bond motifs is 1. The van der Waals surface area contributed by atoms with Gasteiger partial charge in [0.15, 0.2) is 17.3 Å². The summed E-state index contributed by atoms with van der Waals surface area (Å²) in [5.74, 6) is -0.464. The number of rotatable bonds is 7. The maximum Gasteiger partial charge on any atom is 0.339 e. The normalized spacial score (nSPS) is 17.0. The second-order valence-corrected chi connectivity index (χ2v) is 9.61. The predicted molar refractivity (Wildman–Crippen MR) is 127 cm³/mol. The van der Waals surface area contributed by atoms with Gasteiger partial charge in [0.25, 0.3) is 5.91 Å². The van der Waals surface area contributed by atoms with Gasteiger partial charge in [-0.3, -0.25) is 10.2 Å². The molecule has 11 heteroatoms. The van der Waals surface area contributed by atoms with Crippen LogP contribution in [0.5, 0.6) is 11.5 Å². The molecule has 4 rings (SSSR count). The van der Waals surface area contributed by atoms with Gasteiger partial charge >= 0.3 is 10.1 Å². The second-order valence-electron chi connectivity index (χ2n) is 7.02. The van der Waals surface area contributed by atoms with Crippen LogP contribution in [0.4, 0.5) is 0 Å². The number of amidine groups is 2. The fourth-order valence-corrected chi connectivity index (χ4v) is 5.06. The van der Waals surface area contributed by atoms with E-state index in [4.69, 9.17) is 14.3 Å². The van der Waals surface area contributed by atoms with E-state index in [2.05, 4.69) is 10.1 Å². The molecule has 170 valence electrons. The van der Waals surface area contributed by atoms with Gasteiger partial charge < -0.3 is 8.92 Å². The molecule has 9 nitrogen and oxygen atoms in total. The molecular weight excluding hydrogens is 464 g/mol. The summed E-state index contributed by atoms with van der Waals surface area (Å²) in [5, 5.41) is 15.3. The number of carbonyl (C=O) groups is 1. The number of thioether (sulfide) groups is 1. The maximum atomic E-state index is 12.6. The van der Waals surface area contributed by atoms with Crippen molar-refractivity contribution in [1.29, 1.82) is 5.41 Å². The van der Waals surface area contributed by atoms with Crippen LogP contribution in [0.1, 0.15) is 25.3 Å². The zero-order chi connectivity index (χ0) is 23.6. The Morgan fingerprint density at radius 2 is 1.91 bits per heavy atom. The van der Waals surface area contributed by atoms with E-state index >= 15 is 0 Å². The topological polar surface area (TPSA) is 121 Å². The van der Waals surface area contributed by atoms with Crippen molar-refractivity contribution in [1.82, 2.24) is 5.01 Å². The van der Waals surface area contributed by atoms with Gasteiger partial charge in [0.2, 0.25) is 5.17 Å². The minimum absolute atomic E-state index is 0.00129.